The Morgan fingerprint density at radius 3 is 3.11 bits per heavy atom. The molecule has 6 heteroatoms. The van der Waals surface area contributed by atoms with Gasteiger partial charge in [0.1, 0.15) is 0 Å². The van der Waals surface area contributed by atoms with Crippen LogP contribution in [-0.4, -0.2) is 17.7 Å². The third kappa shape index (κ3) is 3.42. The van der Waals surface area contributed by atoms with Crippen LogP contribution >= 0.6 is 11.3 Å². The van der Waals surface area contributed by atoms with Crippen molar-refractivity contribution in [3.05, 3.63) is 23.8 Å². The first-order valence-electron chi connectivity index (χ1n) is 6.27. The van der Waals surface area contributed by atoms with Gasteiger partial charge in [0.25, 0.3) is 0 Å². The first-order valence-corrected chi connectivity index (χ1v) is 7.08. The molecule has 0 bridgehead atoms. The number of carbonyl (C=O) groups excluding carboxylic acids is 1. The molecule has 0 aliphatic carbocycles. The molecule has 0 spiro atoms. The number of carbonyl (C=O) groups is 1. The minimum atomic E-state index is -0.457. The molecule has 0 aliphatic heterocycles. The number of unbranched alkanes of at least 4 members (excludes halogenated alkanes) is 1. The number of nitrogens with two attached hydrogens (primary N) is 1. The fraction of sp³-hybridized carbons (Fsp3) is 0.385. The molecule has 0 atom stereocenters. The number of nitrogens with one attached hydrogen (secondary N) is 1. The zero-order valence-corrected chi connectivity index (χ0v) is 11.6. The maximum atomic E-state index is 11.5. The van der Waals surface area contributed by atoms with Crippen molar-refractivity contribution in [1.82, 2.24) is 4.98 Å². The number of nitrogens with zero attached hydrogens (tertiary/aromatic N) is 1. The van der Waals surface area contributed by atoms with E-state index < -0.39 is 6.09 Å². The van der Waals surface area contributed by atoms with Gasteiger partial charge < -0.3 is 10.5 Å². The van der Waals surface area contributed by atoms with Gasteiger partial charge in [-0.3, -0.25) is 5.32 Å². The van der Waals surface area contributed by atoms with Crippen molar-refractivity contribution < 1.29 is 9.53 Å². The number of aromatic nitrogens is 1. The third-order valence-corrected chi connectivity index (χ3v) is 3.60. The average Bonchev–Trinajstić information content (AvgIpc) is 2.80. The second kappa shape index (κ2) is 6.49. The average molecular weight is 279 g/mol. The Morgan fingerprint density at radius 1 is 1.53 bits per heavy atom. The molecule has 1 aromatic heterocycles. The molecule has 5 nitrogen and oxygen atoms in total. The van der Waals surface area contributed by atoms with Crippen molar-refractivity contribution in [3.63, 3.8) is 0 Å². The number of benzene rings is 1. The largest absolute Gasteiger partial charge is 0.449 e. The summed E-state index contributed by atoms with van der Waals surface area (Å²) in [4.78, 5) is 15.9. The molecule has 0 saturated heterocycles. The van der Waals surface area contributed by atoms with E-state index in [1.54, 1.807) is 0 Å². The number of anilines is 1. The van der Waals surface area contributed by atoms with Gasteiger partial charge in [-0.2, -0.15) is 0 Å². The molecule has 19 heavy (non-hydrogen) atoms. The molecule has 2 aromatic rings. The van der Waals surface area contributed by atoms with Crippen molar-refractivity contribution in [1.29, 1.82) is 0 Å². The Morgan fingerprint density at radius 2 is 2.37 bits per heavy atom. The van der Waals surface area contributed by atoms with Gasteiger partial charge in [0.15, 0.2) is 5.13 Å². The van der Waals surface area contributed by atoms with E-state index in [9.17, 15) is 4.79 Å². The molecule has 0 radical (unpaired) electrons. The van der Waals surface area contributed by atoms with Crippen LogP contribution in [0.25, 0.3) is 10.2 Å². The summed E-state index contributed by atoms with van der Waals surface area (Å²) in [7, 11) is 0. The maximum Gasteiger partial charge on any atom is 0.413 e. The van der Waals surface area contributed by atoms with E-state index in [0.29, 0.717) is 18.3 Å². The number of rotatable bonds is 5. The Balaban J connectivity index is 2.07. The van der Waals surface area contributed by atoms with Gasteiger partial charge in [0.05, 0.1) is 16.8 Å². The Bertz CT molecular complexity index is 568. The summed E-state index contributed by atoms with van der Waals surface area (Å²) in [6, 6.07) is 5.83. The number of amides is 1. The second-order valence-electron chi connectivity index (χ2n) is 4.10. The van der Waals surface area contributed by atoms with Crippen LogP contribution in [0.1, 0.15) is 25.3 Å². The molecule has 102 valence electrons. The van der Waals surface area contributed by atoms with Gasteiger partial charge in [-0.15, -0.1) is 0 Å². The lowest BCUT2D eigenvalue weighted by atomic mass is 10.2. The molecular formula is C13H17N3O2S. The predicted octanol–water partition coefficient (Wildman–Crippen LogP) is 3.10. The van der Waals surface area contributed by atoms with Crippen molar-refractivity contribution in [3.8, 4) is 0 Å². The molecule has 2 rings (SSSR count). The second-order valence-corrected chi connectivity index (χ2v) is 5.13. The third-order valence-electron chi connectivity index (χ3n) is 2.66. The van der Waals surface area contributed by atoms with E-state index in [1.165, 1.54) is 11.3 Å². The summed E-state index contributed by atoms with van der Waals surface area (Å²) in [6.07, 6.45) is 1.40. The Hall–Kier alpha value is -1.66. The van der Waals surface area contributed by atoms with Gasteiger partial charge in [0, 0.05) is 6.54 Å². The first kappa shape index (κ1) is 13.8. The standard InChI is InChI=1S/C13H17N3O2S/c1-2-3-7-18-13(17)16-12-15-11-9(8-14)5-4-6-10(11)19-12/h4-6H,2-3,7-8,14H2,1H3,(H,15,16,17). The monoisotopic (exact) mass is 279 g/mol. The van der Waals surface area contributed by atoms with Crippen LogP contribution < -0.4 is 11.1 Å². The lowest BCUT2D eigenvalue weighted by molar-refractivity contribution is 0.160. The number of hydrogen-bond acceptors (Lipinski definition) is 5. The van der Waals surface area contributed by atoms with E-state index in [-0.39, 0.29) is 0 Å². The molecule has 1 amide bonds. The molecule has 1 aromatic carbocycles. The Labute approximate surface area is 115 Å². The van der Waals surface area contributed by atoms with Crippen LogP contribution in [0.5, 0.6) is 0 Å². The number of fused-ring (bicyclic) bond motifs is 1. The number of hydrogen-bond donors (Lipinski definition) is 2. The zero-order chi connectivity index (χ0) is 13.7. The highest BCUT2D eigenvalue weighted by atomic mass is 32.1. The normalized spacial score (nSPS) is 10.6. The summed E-state index contributed by atoms with van der Waals surface area (Å²) < 4.78 is 6.04. The van der Waals surface area contributed by atoms with E-state index >= 15 is 0 Å². The molecule has 0 unspecified atom stereocenters. The lowest BCUT2D eigenvalue weighted by Gasteiger charge is -2.02. The molecule has 3 N–H and O–H groups in total. The van der Waals surface area contributed by atoms with Gasteiger partial charge in [-0.1, -0.05) is 36.8 Å². The van der Waals surface area contributed by atoms with Crippen LogP contribution in [0, 0.1) is 0 Å². The van der Waals surface area contributed by atoms with E-state index in [0.717, 1.165) is 28.6 Å². The SMILES string of the molecule is CCCCOC(=O)Nc1nc2c(CN)cccc2s1. The summed E-state index contributed by atoms with van der Waals surface area (Å²) in [6.45, 7) is 2.91. The summed E-state index contributed by atoms with van der Waals surface area (Å²) >= 11 is 1.42. The van der Waals surface area contributed by atoms with Gasteiger partial charge in [0.2, 0.25) is 0 Å². The fourth-order valence-electron chi connectivity index (χ4n) is 1.66. The number of para-hydroxylation sites is 1. The maximum absolute atomic E-state index is 11.5. The number of ether oxygens (including phenoxy) is 1. The van der Waals surface area contributed by atoms with Gasteiger partial charge in [-0.05, 0) is 18.1 Å². The Kier molecular flexibility index (Phi) is 4.70. The van der Waals surface area contributed by atoms with Crippen molar-refractivity contribution in [2.24, 2.45) is 5.73 Å². The lowest BCUT2D eigenvalue weighted by Crippen LogP contribution is -2.14. The summed E-state index contributed by atoms with van der Waals surface area (Å²) in [5.74, 6) is 0. The quantitative estimate of drug-likeness (QED) is 0.824. The molecule has 0 aliphatic rings. The highest BCUT2D eigenvalue weighted by Gasteiger charge is 2.10. The van der Waals surface area contributed by atoms with Crippen LogP contribution in [0.2, 0.25) is 0 Å². The van der Waals surface area contributed by atoms with Gasteiger partial charge in [-0.25, -0.2) is 9.78 Å². The molecule has 0 saturated carbocycles. The molecular weight excluding hydrogens is 262 g/mol. The van der Waals surface area contributed by atoms with Gasteiger partial charge >= 0.3 is 6.09 Å². The van der Waals surface area contributed by atoms with E-state index in [1.807, 2.05) is 25.1 Å². The smallest absolute Gasteiger partial charge is 0.413 e. The highest BCUT2D eigenvalue weighted by Crippen LogP contribution is 2.28. The summed E-state index contributed by atoms with van der Waals surface area (Å²) in [5, 5.41) is 3.19. The predicted molar refractivity (Wildman–Crippen MR) is 77.4 cm³/mol. The van der Waals surface area contributed by atoms with Crippen LogP contribution in [0.4, 0.5) is 9.93 Å². The topological polar surface area (TPSA) is 77.2 Å². The minimum Gasteiger partial charge on any atom is -0.449 e. The molecule has 0 fully saturated rings. The summed E-state index contributed by atoms with van der Waals surface area (Å²) in [5.41, 5.74) is 7.48. The van der Waals surface area contributed by atoms with Crippen LogP contribution in [0.3, 0.4) is 0 Å². The van der Waals surface area contributed by atoms with E-state index in [2.05, 4.69) is 10.3 Å². The highest BCUT2D eigenvalue weighted by molar-refractivity contribution is 7.22. The van der Waals surface area contributed by atoms with Crippen molar-refractivity contribution in [2.75, 3.05) is 11.9 Å². The van der Waals surface area contributed by atoms with Crippen molar-refractivity contribution in [2.45, 2.75) is 26.3 Å². The fourth-order valence-corrected chi connectivity index (χ4v) is 2.56. The zero-order valence-electron chi connectivity index (χ0n) is 10.8. The van der Waals surface area contributed by atoms with Crippen LogP contribution in [-0.2, 0) is 11.3 Å². The molecule has 1 heterocycles. The van der Waals surface area contributed by atoms with Crippen LogP contribution in [0.15, 0.2) is 18.2 Å². The van der Waals surface area contributed by atoms with Crippen molar-refractivity contribution >= 4 is 32.8 Å². The van der Waals surface area contributed by atoms with E-state index in [4.69, 9.17) is 10.5 Å². The first-order chi connectivity index (χ1) is 9.24. The number of thiazole rings is 1. The minimum absolute atomic E-state index is 0.432.